The average molecular weight is 279 g/mol. The van der Waals surface area contributed by atoms with Gasteiger partial charge in [0.2, 0.25) is 0 Å². The molecular formula is C13H17N3O2S. The first kappa shape index (κ1) is 13.7. The molecule has 0 radical (unpaired) electrons. The van der Waals surface area contributed by atoms with Crippen LogP contribution in [0.25, 0.3) is 0 Å². The molecule has 0 fully saturated rings. The van der Waals surface area contributed by atoms with E-state index in [1.807, 2.05) is 31.2 Å². The van der Waals surface area contributed by atoms with Crippen LogP contribution in [0.4, 0.5) is 0 Å². The lowest BCUT2D eigenvalue weighted by Gasteiger charge is -2.22. The van der Waals surface area contributed by atoms with Crippen molar-refractivity contribution >= 4 is 22.9 Å². The highest BCUT2D eigenvalue weighted by Crippen LogP contribution is 2.24. The number of benzene rings is 1. The Labute approximate surface area is 116 Å². The van der Waals surface area contributed by atoms with Gasteiger partial charge in [0, 0.05) is 19.8 Å². The maximum Gasteiger partial charge on any atom is 0.335 e. The molecule has 6 heteroatoms. The van der Waals surface area contributed by atoms with Crippen LogP contribution in [0.1, 0.15) is 22.8 Å². The van der Waals surface area contributed by atoms with Crippen LogP contribution in [0, 0.1) is 0 Å². The number of aromatic carboxylic acids is 1. The van der Waals surface area contributed by atoms with Crippen LogP contribution in [0.5, 0.6) is 0 Å². The summed E-state index contributed by atoms with van der Waals surface area (Å²) in [5, 5.41) is 16.4. The fourth-order valence-electron chi connectivity index (χ4n) is 1.83. The summed E-state index contributed by atoms with van der Waals surface area (Å²) in [5.41, 5.74) is 1.18. The van der Waals surface area contributed by atoms with Crippen LogP contribution in [0.3, 0.4) is 0 Å². The van der Waals surface area contributed by atoms with Crippen molar-refractivity contribution in [2.45, 2.75) is 18.8 Å². The van der Waals surface area contributed by atoms with Crippen LogP contribution in [-0.4, -0.2) is 46.4 Å². The zero-order valence-electron chi connectivity index (χ0n) is 11.2. The summed E-state index contributed by atoms with van der Waals surface area (Å²) in [7, 11) is 3.92. The second-order valence-electron chi connectivity index (χ2n) is 4.45. The fraction of sp³-hybridized carbons (Fsp3) is 0.385. The van der Waals surface area contributed by atoms with Gasteiger partial charge in [0.15, 0.2) is 5.17 Å². The average Bonchev–Trinajstić information content (AvgIpc) is 2.64. The molecule has 0 aliphatic carbocycles. The third-order valence-corrected chi connectivity index (χ3v) is 4.33. The van der Waals surface area contributed by atoms with Gasteiger partial charge in [-0.05, 0) is 18.6 Å². The van der Waals surface area contributed by atoms with Crippen LogP contribution in [0.2, 0.25) is 0 Å². The molecule has 1 N–H and O–H groups in total. The predicted octanol–water partition coefficient (Wildman–Crippen LogP) is 2.11. The monoisotopic (exact) mass is 279 g/mol. The Balaban J connectivity index is 2.08. The molecule has 102 valence electrons. The van der Waals surface area contributed by atoms with Crippen LogP contribution in [-0.2, 0) is 5.75 Å². The minimum absolute atomic E-state index is 0.234. The first-order valence-corrected chi connectivity index (χ1v) is 6.97. The lowest BCUT2D eigenvalue weighted by molar-refractivity contribution is 0.0696. The summed E-state index contributed by atoms with van der Waals surface area (Å²) in [5.74, 6) is -0.282. The van der Waals surface area contributed by atoms with Crippen molar-refractivity contribution in [2.24, 2.45) is 5.10 Å². The quantitative estimate of drug-likeness (QED) is 0.918. The molecule has 1 aromatic rings. The summed E-state index contributed by atoms with van der Waals surface area (Å²) >= 11 is 1.56. The molecule has 0 spiro atoms. The topological polar surface area (TPSA) is 56.1 Å². The van der Waals surface area contributed by atoms with Gasteiger partial charge in [-0.1, -0.05) is 30.0 Å². The van der Waals surface area contributed by atoms with E-state index < -0.39 is 5.97 Å². The summed E-state index contributed by atoms with van der Waals surface area (Å²) in [6.07, 6.45) is 0.234. The number of carboxylic acid groups (broad SMARTS) is 1. The van der Waals surface area contributed by atoms with Gasteiger partial charge in [0.25, 0.3) is 0 Å². The van der Waals surface area contributed by atoms with Gasteiger partial charge >= 0.3 is 5.97 Å². The molecular weight excluding hydrogens is 262 g/mol. The van der Waals surface area contributed by atoms with E-state index >= 15 is 0 Å². The van der Waals surface area contributed by atoms with E-state index in [9.17, 15) is 4.79 Å². The third-order valence-electron chi connectivity index (χ3n) is 3.25. The SMILES string of the molecule is CC1N(C)N=C(SCc2ccccc2C(=O)O)N1C. The van der Waals surface area contributed by atoms with Crippen LogP contribution in [0.15, 0.2) is 29.4 Å². The molecule has 5 nitrogen and oxygen atoms in total. The van der Waals surface area contributed by atoms with E-state index in [4.69, 9.17) is 5.11 Å². The molecule has 0 saturated carbocycles. The zero-order valence-corrected chi connectivity index (χ0v) is 12.0. The highest BCUT2D eigenvalue weighted by atomic mass is 32.2. The number of hydrogen-bond donors (Lipinski definition) is 1. The number of amidine groups is 1. The highest BCUT2D eigenvalue weighted by Gasteiger charge is 2.25. The Morgan fingerprint density at radius 2 is 2.11 bits per heavy atom. The standard InChI is InChI=1S/C13H17N3O2S/c1-9-15(2)13(14-16(9)3)19-8-10-6-4-5-7-11(10)12(17)18/h4-7,9H,8H2,1-3H3,(H,17,18). The van der Waals surface area contributed by atoms with Crippen molar-refractivity contribution in [2.75, 3.05) is 14.1 Å². The van der Waals surface area contributed by atoms with Crippen molar-refractivity contribution < 1.29 is 9.90 Å². The molecule has 0 aromatic heterocycles. The number of hydrazone groups is 1. The molecule has 0 bridgehead atoms. The Morgan fingerprint density at radius 1 is 1.42 bits per heavy atom. The first-order chi connectivity index (χ1) is 9.00. The van der Waals surface area contributed by atoms with Gasteiger partial charge in [0.05, 0.1) is 5.56 Å². The van der Waals surface area contributed by atoms with Crippen molar-refractivity contribution in [3.8, 4) is 0 Å². The number of hydrogen-bond acceptors (Lipinski definition) is 5. The van der Waals surface area contributed by atoms with E-state index in [2.05, 4.69) is 16.9 Å². The maximum atomic E-state index is 11.1. The largest absolute Gasteiger partial charge is 0.478 e. The van der Waals surface area contributed by atoms with Gasteiger partial charge in [-0.25, -0.2) is 4.79 Å². The van der Waals surface area contributed by atoms with Crippen molar-refractivity contribution in [3.05, 3.63) is 35.4 Å². The van der Waals surface area contributed by atoms with Gasteiger partial charge < -0.3 is 10.0 Å². The maximum absolute atomic E-state index is 11.1. The second-order valence-corrected chi connectivity index (χ2v) is 5.39. The molecule has 2 rings (SSSR count). The van der Waals surface area contributed by atoms with E-state index in [-0.39, 0.29) is 6.17 Å². The second kappa shape index (κ2) is 5.52. The lowest BCUT2D eigenvalue weighted by atomic mass is 10.1. The minimum Gasteiger partial charge on any atom is -0.478 e. The Hall–Kier alpha value is -1.69. The molecule has 0 amide bonds. The summed E-state index contributed by atoms with van der Waals surface area (Å²) in [6.45, 7) is 2.07. The molecule has 19 heavy (non-hydrogen) atoms. The van der Waals surface area contributed by atoms with Crippen LogP contribution >= 0.6 is 11.8 Å². The van der Waals surface area contributed by atoms with Crippen molar-refractivity contribution in [3.63, 3.8) is 0 Å². The molecule has 1 aliphatic heterocycles. The van der Waals surface area contributed by atoms with E-state index in [0.29, 0.717) is 11.3 Å². The number of carbonyl (C=O) groups is 1. The Bertz CT molecular complexity index is 518. The smallest absolute Gasteiger partial charge is 0.335 e. The number of carboxylic acids is 1. The minimum atomic E-state index is -0.886. The van der Waals surface area contributed by atoms with Gasteiger partial charge in [-0.15, -0.1) is 0 Å². The Kier molecular flexibility index (Phi) is 3.99. The molecule has 1 atom stereocenters. The summed E-state index contributed by atoms with van der Waals surface area (Å²) in [4.78, 5) is 13.2. The Morgan fingerprint density at radius 3 is 2.68 bits per heavy atom. The zero-order chi connectivity index (χ0) is 14.0. The first-order valence-electron chi connectivity index (χ1n) is 5.99. The van der Waals surface area contributed by atoms with Crippen LogP contribution < -0.4 is 0 Å². The van der Waals surface area contributed by atoms with E-state index in [1.165, 1.54) is 0 Å². The number of rotatable bonds is 3. The van der Waals surface area contributed by atoms with Gasteiger partial charge in [0.1, 0.15) is 6.17 Å². The van der Waals surface area contributed by atoms with E-state index in [1.54, 1.807) is 23.9 Å². The number of nitrogens with zero attached hydrogens (tertiary/aromatic N) is 3. The third kappa shape index (κ3) is 2.84. The lowest BCUT2D eigenvalue weighted by Crippen LogP contribution is -2.34. The highest BCUT2D eigenvalue weighted by molar-refractivity contribution is 8.13. The summed E-state index contributed by atoms with van der Waals surface area (Å²) < 4.78 is 0. The molecule has 1 aliphatic rings. The summed E-state index contributed by atoms with van der Waals surface area (Å²) in [6, 6.07) is 7.08. The van der Waals surface area contributed by atoms with E-state index in [0.717, 1.165) is 10.7 Å². The molecule has 1 heterocycles. The molecule has 1 aromatic carbocycles. The fourth-order valence-corrected chi connectivity index (χ4v) is 2.91. The predicted molar refractivity (Wildman–Crippen MR) is 77.1 cm³/mol. The van der Waals surface area contributed by atoms with Gasteiger partial charge in [-0.2, -0.15) is 5.10 Å². The molecule has 0 saturated heterocycles. The number of thioether (sulfide) groups is 1. The van der Waals surface area contributed by atoms with Crippen molar-refractivity contribution in [1.82, 2.24) is 9.91 Å². The van der Waals surface area contributed by atoms with Crippen molar-refractivity contribution in [1.29, 1.82) is 0 Å². The van der Waals surface area contributed by atoms with Gasteiger partial charge in [-0.3, -0.25) is 5.01 Å². The normalized spacial score (nSPS) is 18.7. The molecule has 1 unspecified atom stereocenters.